The van der Waals surface area contributed by atoms with Gasteiger partial charge in [-0.3, -0.25) is 4.79 Å². The second kappa shape index (κ2) is 5.14. The van der Waals surface area contributed by atoms with E-state index in [-0.39, 0.29) is 29.9 Å². The quantitative estimate of drug-likeness (QED) is 0.874. The zero-order valence-electron chi connectivity index (χ0n) is 11.7. The average molecular weight is 307 g/mol. The molecule has 21 heavy (non-hydrogen) atoms. The first-order chi connectivity index (χ1) is 9.91. The van der Waals surface area contributed by atoms with Crippen molar-refractivity contribution in [2.45, 2.75) is 25.8 Å². The van der Waals surface area contributed by atoms with Crippen molar-refractivity contribution in [1.82, 2.24) is 15.3 Å². The number of aromatic amines is 1. The van der Waals surface area contributed by atoms with E-state index in [4.69, 9.17) is 0 Å². The summed E-state index contributed by atoms with van der Waals surface area (Å²) in [5.41, 5.74) is 2.66. The number of rotatable bonds is 3. The maximum atomic E-state index is 12.0. The fourth-order valence-corrected chi connectivity index (χ4v) is 4.34. The number of nitrogens with one attached hydrogen (secondary N) is 2. The summed E-state index contributed by atoms with van der Waals surface area (Å²) in [6.45, 7) is 1.88. The highest BCUT2D eigenvalue weighted by Gasteiger charge is 2.28. The van der Waals surface area contributed by atoms with Crippen LogP contribution in [-0.4, -0.2) is 41.8 Å². The van der Waals surface area contributed by atoms with Gasteiger partial charge >= 0.3 is 0 Å². The second-order valence-corrected chi connectivity index (χ2v) is 7.75. The van der Waals surface area contributed by atoms with Gasteiger partial charge in [0.15, 0.2) is 9.84 Å². The molecule has 2 heterocycles. The van der Waals surface area contributed by atoms with E-state index in [0.29, 0.717) is 6.42 Å². The molecule has 1 fully saturated rings. The van der Waals surface area contributed by atoms with Gasteiger partial charge in [-0.15, -0.1) is 0 Å². The molecule has 0 aliphatic carbocycles. The van der Waals surface area contributed by atoms with Crippen molar-refractivity contribution < 1.29 is 13.2 Å². The van der Waals surface area contributed by atoms with Gasteiger partial charge in [0.1, 0.15) is 5.82 Å². The van der Waals surface area contributed by atoms with Crippen LogP contribution in [0.4, 0.5) is 0 Å². The summed E-state index contributed by atoms with van der Waals surface area (Å²) in [5, 5.41) is 2.79. The van der Waals surface area contributed by atoms with Gasteiger partial charge in [-0.05, 0) is 31.0 Å². The summed E-state index contributed by atoms with van der Waals surface area (Å²) in [6, 6.07) is 5.40. The zero-order chi connectivity index (χ0) is 15.0. The molecule has 1 aromatic heterocycles. The number of fused-ring (bicyclic) bond motifs is 1. The molecule has 6 nitrogen and oxygen atoms in total. The number of H-pyrrole nitrogens is 1. The van der Waals surface area contributed by atoms with Gasteiger partial charge in [-0.2, -0.15) is 0 Å². The molecule has 1 saturated heterocycles. The van der Waals surface area contributed by atoms with Crippen molar-refractivity contribution in [3.63, 3.8) is 0 Å². The summed E-state index contributed by atoms with van der Waals surface area (Å²) in [7, 11) is -2.97. The number of sulfone groups is 1. The first kappa shape index (κ1) is 14.1. The minimum Gasteiger partial charge on any atom is -0.352 e. The lowest BCUT2D eigenvalue weighted by atomic mass is 10.1. The van der Waals surface area contributed by atoms with Gasteiger partial charge in [-0.25, -0.2) is 13.4 Å². The Kier molecular flexibility index (Phi) is 3.44. The van der Waals surface area contributed by atoms with Crippen LogP contribution < -0.4 is 5.32 Å². The largest absolute Gasteiger partial charge is 0.352 e. The molecule has 0 saturated carbocycles. The summed E-state index contributed by atoms with van der Waals surface area (Å²) in [5.74, 6) is 0.907. The number of benzene rings is 1. The van der Waals surface area contributed by atoms with Gasteiger partial charge in [0.05, 0.1) is 29.0 Å². The van der Waals surface area contributed by atoms with Crippen LogP contribution in [0.25, 0.3) is 11.0 Å². The predicted molar refractivity (Wildman–Crippen MR) is 79.7 cm³/mol. The summed E-state index contributed by atoms with van der Waals surface area (Å²) in [6.07, 6.45) is 0.747. The molecule has 1 atom stereocenters. The van der Waals surface area contributed by atoms with Crippen LogP contribution in [0, 0.1) is 6.92 Å². The highest BCUT2D eigenvalue weighted by molar-refractivity contribution is 7.91. The maximum Gasteiger partial charge on any atom is 0.224 e. The molecule has 112 valence electrons. The molecule has 0 radical (unpaired) electrons. The molecule has 1 amide bonds. The zero-order valence-corrected chi connectivity index (χ0v) is 12.5. The van der Waals surface area contributed by atoms with E-state index in [9.17, 15) is 13.2 Å². The molecule has 1 unspecified atom stereocenters. The van der Waals surface area contributed by atoms with E-state index in [0.717, 1.165) is 22.4 Å². The van der Waals surface area contributed by atoms with Crippen LogP contribution in [0.5, 0.6) is 0 Å². The molecule has 7 heteroatoms. The maximum absolute atomic E-state index is 12.0. The molecular weight excluding hydrogens is 290 g/mol. The number of hydrogen-bond donors (Lipinski definition) is 2. The lowest BCUT2D eigenvalue weighted by Crippen LogP contribution is -2.36. The molecule has 2 N–H and O–H groups in total. The molecule has 1 aromatic carbocycles. The summed E-state index contributed by atoms with van der Waals surface area (Å²) >= 11 is 0. The third kappa shape index (κ3) is 3.24. The average Bonchev–Trinajstić information content (AvgIpc) is 2.90. The van der Waals surface area contributed by atoms with Crippen molar-refractivity contribution in [2.24, 2.45) is 0 Å². The first-order valence-electron chi connectivity index (χ1n) is 6.86. The number of imidazole rings is 1. The third-order valence-electron chi connectivity index (χ3n) is 3.63. The van der Waals surface area contributed by atoms with Crippen molar-refractivity contribution in [3.8, 4) is 0 Å². The number of aryl methyl sites for hydroxylation is 1. The Labute approximate surface area is 122 Å². The second-order valence-electron chi connectivity index (χ2n) is 5.52. The highest BCUT2D eigenvalue weighted by Crippen LogP contribution is 2.15. The van der Waals surface area contributed by atoms with Gasteiger partial charge in [-0.1, -0.05) is 6.07 Å². The van der Waals surface area contributed by atoms with Crippen molar-refractivity contribution >= 4 is 26.8 Å². The van der Waals surface area contributed by atoms with Crippen LogP contribution in [0.2, 0.25) is 0 Å². The minimum absolute atomic E-state index is 0.0531. The third-order valence-corrected chi connectivity index (χ3v) is 5.39. The van der Waals surface area contributed by atoms with Crippen molar-refractivity contribution in [1.29, 1.82) is 0 Å². The number of hydrogen-bond acceptors (Lipinski definition) is 4. The Balaban J connectivity index is 1.66. The minimum atomic E-state index is -2.97. The van der Waals surface area contributed by atoms with Gasteiger partial charge < -0.3 is 10.3 Å². The first-order valence-corrected chi connectivity index (χ1v) is 8.68. The fourth-order valence-electron chi connectivity index (χ4n) is 2.67. The van der Waals surface area contributed by atoms with E-state index in [1.165, 1.54) is 0 Å². The Bertz CT molecular complexity index is 795. The molecule has 1 aliphatic heterocycles. The fraction of sp³-hybridized carbons (Fsp3) is 0.429. The van der Waals surface area contributed by atoms with Crippen molar-refractivity contribution in [2.75, 3.05) is 11.5 Å². The van der Waals surface area contributed by atoms with Gasteiger partial charge in [0.25, 0.3) is 0 Å². The Morgan fingerprint density at radius 1 is 1.48 bits per heavy atom. The van der Waals surface area contributed by atoms with E-state index in [2.05, 4.69) is 15.3 Å². The normalized spacial score (nSPS) is 20.7. The molecule has 0 bridgehead atoms. The van der Waals surface area contributed by atoms with E-state index >= 15 is 0 Å². The predicted octanol–water partition coefficient (Wildman–Crippen LogP) is 0.717. The highest BCUT2D eigenvalue weighted by atomic mass is 32.2. The Hall–Kier alpha value is -1.89. The van der Waals surface area contributed by atoms with E-state index in [1.807, 2.05) is 25.1 Å². The molecule has 2 aromatic rings. The molecule has 0 spiro atoms. The number of aromatic nitrogens is 2. The standard InChI is InChI=1S/C14H17N3O3S/c1-9-15-12-3-2-10(6-13(12)16-9)7-14(18)17-11-4-5-21(19,20)8-11/h2-3,6,11H,4-5,7-8H2,1H3,(H,15,16)(H,17,18). The number of carbonyl (C=O) groups excluding carboxylic acids is 1. The van der Waals surface area contributed by atoms with Gasteiger partial charge in [0.2, 0.25) is 5.91 Å². The Morgan fingerprint density at radius 2 is 2.29 bits per heavy atom. The molecule has 1 aliphatic rings. The monoisotopic (exact) mass is 307 g/mol. The Morgan fingerprint density at radius 3 is 3.00 bits per heavy atom. The number of nitrogens with zero attached hydrogens (tertiary/aromatic N) is 1. The molecular formula is C14H17N3O3S. The van der Waals surface area contributed by atoms with Gasteiger partial charge in [0, 0.05) is 6.04 Å². The number of amides is 1. The SMILES string of the molecule is Cc1nc2ccc(CC(=O)NC3CCS(=O)(=O)C3)cc2[nH]1. The lowest BCUT2D eigenvalue weighted by Gasteiger charge is -2.10. The van der Waals surface area contributed by atoms with E-state index < -0.39 is 9.84 Å². The van der Waals surface area contributed by atoms with Crippen LogP contribution in [-0.2, 0) is 21.1 Å². The summed E-state index contributed by atoms with van der Waals surface area (Å²) < 4.78 is 22.7. The topological polar surface area (TPSA) is 91.9 Å². The molecule has 3 rings (SSSR count). The smallest absolute Gasteiger partial charge is 0.224 e. The van der Waals surface area contributed by atoms with Crippen LogP contribution in [0.1, 0.15) is 17.8 Å². The summed E-state index contributed by atoms with van der Waals surface area (Å²) in [4.78, 5) is 19.4. The van der Waals surface area contributed by atoms with Crippen molar-refractivity contribution in [3.05, 3.63) is 29.6 Å². The van der Waals surface area contributed by atoms with Crippen LogP contribution in [0.3, 0.4) is 0 Å². The van der Waals surface area contributed by atoms with Crippen LogP contribution >= 0.6 is 0 Å². The van der Waals surface area contributed by atoms with E-state index in [1.54, 1.807) is 0 Å². The number of carbonyl (C=O) groups is 1. The lowest BCUT2D eigenvalue weighted by molar-refractivity contribution is -0.120. The van der Waals surface area contributed by atoms with Crippen LogP contribution in [0.15, 0.2) is 18.2 Å².